The van der Waals surface area contributed by atoms with Crippen molar-refractivity contribution in [3.8, 4) is 12.3 Å². The molecule has 1 N–H and O–H groups in total. The lowest BCUT2D eigenvalue weighted by Gasteiger charge is -2.33. The van der Waals surface area contributed by atoms with Crippen LogP contribution in [0, 0.1) is 12.3 Å². The lowest BCUT2D eigenvalue weighted by Crippen LogP contribution is -2.41. The molecule has 4 rings (SSSR count). The minimum absolute atomic E-state index is 0.103. The molecule has 2 aromatic carbocycles. The van der Waals surface area contributed by atoms with E-state index in [4.69, 9.17) is 11.2 Å². The van der Waals surface area contributed by atoms with Crippen LogP contribution in [0.1, 0.15) is 45.1 Å². The van der Waals surface area contributed by atoms with Gasteiger partial charge < -0.3 is 15.0 Å². The number of aromatic nitrogens is 1. The molecule has 0 spiro atoms. The summed E-state index contributed by atoms with van der Waals surface area (Å²) in [6.07, 6.45) is 8.31. The summed E-state index contributed by atoms with van der Waals surface area (Å²) >= 11 is 0. The van der Waals surface area contributed by atoms with Gasteiger partial charge in [-0.3, -0.25) is 0 Å². The van der Waals surface area contributed by atoms with Gasteiger partial charge in [-0.25, -0.2) is 17.2 Å². The Balaban J connectivity index is 1.72. The van der Waals surface area contributed by atoms with Crippen LogP contribution in [0.3, 0.4) is 0 Å². The number of likely N-dealkylation sites (tertiary alicyclic amines) is 1. The van der Waals surface area contributed by atoms with Gasteiger partial charge in [0.05, 0.1) is 22.6 Å². The molecule has 1 aliphatic rings. The third-order valence-electron chi connectivity index (χ3n) is 6.09. The minimum Gasteiger partial charge on any atom is -0.444 e. The molecule has 7 nitrogen and oxygen atoms in total. The van der Waals surface area contributed by atoms with E-state index in [1.807, 2.05) is 39.0 Å². The first-order valence-electron chi connectivity index (χ1n) is 11.7. The van der Waals surface area contributed by atoms with Crippen LogP contribution in [-0.4, -0.2) is 48.6 Å². The van der Waals surface area contributed by atoms with Gasteiger partial charge in [0.25, 0.3) is 10.0 Å². The van der Waals surface area contributed by atoms with E-state index in [1.54, 1.807) is 41.4 Å². The van der Waals surface area contributed by atoms with E-state index >= 15 is 0 Å². The number of amides is 1. The molecule has 0 atom stereocenters. The van der Waals surface area contributed by atoms with Gasteiger partial charge in [0.1, 0.15) is 5.60 Å². The van der Waals surface area contributed by atoms with E-state index in [9.17, 15) is 13.2 Å². The van der Waals surface area contributed by atoms with Crippen LogP contribution in [-0.2, 0) is 14.8 Å². The quantitative estimate of drug-likeness (QED) is 0.504. The Hall–Kier alpha value is -3.44. The largest absolute Gasteiger partial charge is 0.444 e. The number of ether oxygens (including phenoxy) is 1. The molecule has 1 aliphatic heterocycles. The van der Waals surface area contributed by atoms with E-state index in [2.05, 4.69) is 11.2 Å². The molecule has 184 valence electrons. The zero-order chi connectivity index (χ0) is 25.2. The van der Waals surface area contributed by atoms with Crippen LogP contribution in [0.4, 0.5) is 10.5 Å². The van der Waals surface area contributed by atoms with Crippen molar-refractivity contribution < 1.29 is 17.9 Å². The van der Waals surface area contributed by atoms with Gasteiger partial charge in [-0.05, 0) is 63.3 Å². The van der Waals surface area contributed by atoms with Gasteiger partial charge in [0.15, 0.2) is 0 Å². The van der Waals surface area contributed by atoms with Gasteiger partial charge in [0, 0.05) is 24.7 Å². The lowest BCUT2D eigenvalue weighted by molar-refractivity contribution is 0.0205. The molecule has 1 fully saturated rings. The molecule has 8 heteroatoms. The molecule has 0 unspecified atom stereocenters. The third-order valence-corrected chi connectivity index (χ3v) is 7.76. The van der Waals surface area contributed by atoms with Crippen LogP contribution in [0.25, 0.3) is 10.9 Å². The number of para-hydroxylation sites is 1. The maximum atomic E-state index is 13.7. The summed E-state index contributed by atoms with van der Waals surface area (Å²) in [6, 6.07) is 14.1. The standard InChI is InChI=1S/C27H31N3O4S/c1-5-16-28-24-13-9-12-22-23(20-14-17-29(18-15-20)26(31)34-27(2,3)4)19-30(25(22)24)35(32,33)21-10-7-6-8-11-21/h1,6-13,19-20,28H,14-18H2,2-4H3. The van der Waals surface area contributed by atoms with E-state index in [-0.39, 0.29) is 23.5 Å². The van der Waals surface area contributed by atoms with Crippen molar-refractivity contribution in [1.82, 2.24) is 8.87 Å². The molecule has 2 heterocycles. The topological polar surface area (TPSA) is 80.6 Å². The smallest absolute Gasteiger partial charge is 0.410 e. The molecular weight excluding hydrogens is 462 g/mol. The van der Waals surface area contributed by atoms with Crippen LogP contribution in [0.5, 0.6) is 0 Å². The zero-order valence-corrected chi connectivity index (χ0v) is 21.1. The minimum atomic E-state index is -3.83. The highest BCUT2D eigenvalue weighted by atomic mass is 32.2. The third kappa shape index (κ3) is 5.15. The van der Waals surface area contributed by atoms with Gasteiger partial charge >= 0.3 is 6.09 Å². The van der Waals surface area contributed by atoms with Crippen molar-refractivity contribution in [2.45, 2.75) is 50.0 Å². The van der Waals surface area contributed by atoms with Gasteiger partial charge in [-0.1, -0.05) is 36.3 Å². The lowest BCUT2D eigenvalue weighted by atomic mass is 9.89. The van der Waals surface area contributed by atoms with Crippen molar-refractivity contribution in [3.63, 3.8) is 0 Å². The number of benzene rings is 2. The maximum Gasteiger partial charge on any atom is 0.410 e. The molecule has 0 aliphatic carbocycles. The number of nitrogens with one attached hydrogen (secondary N) is 1. The van der Waals surface area contributed by atoms with Gasteiger partial charge in [0.2, 0.25) is 0 Å². The number of hydrogen-bond acceptors (Lipinski definition) is 5. The Morgan fingerprint density at radius 3 is 2.43 bits per heavy atom. The second-order valence-corrected chi connectivity index (χ2v) is 11.5. The summed E-state index contributed by atoms with van der Waals surface area (Å²) < 4.78 is 34.2. The Labute approximate surface area is 207 Å². The molecule has 3 aromatic rings. The Bertz CT molecular complexity index is 1360. The number of anilines is 1. The fourth-order valence-corrected chi connectivity index (χ4v) is 5.90. The monoisotopic (exact) mass is 493 g/mol. The highest BCUT2D eigenvalue weighted by Gasteiger charge is 2.31. The number of hydrogen-bond donors (Lipinski definition) is 1. The van der Waals surface area contributed by atoms with Crippen molar-refractivity contribution in [1.29, 1.82) is 0 Å². The van der Waals surface area contributed by atoms with E-state index in [1.165, 1.54) is 3.97 Å². The number of terminal acetylenes is 1. The van der Waals surface area contributed by atoms with Crippen LogP contribution >= 0.6 is 0 Å². The highest BCUT2D eigenvalue weighted by molar-refractivity contribution is 7.90. The van der Waals surface area contributed by atoms with Crippen LogP contribution in [0.15, 0.2) is 59.6 Å². The molecule has 0 saturated carbocycles. The maximum absolute atomic E-state index is 13.7. The van der Waals surface area contributed by atoms with Crippen molar-refractivity contribution >= 4 is 32.7 Å². The van der Waals surface area contributed by atoms with Gasteiger partial charge in [-0.15, -0.1) is 6.42 Å². The van der Waals surface area contributed by atoms with E-state index in [0.717, 1.165) is 10.9 Å². The average Bonchev–Trinajstić information content (AvgIpc) is 3.23. The summed E-state index contributed by atoms with van der Waals surface area (Å²) in [7, 11) is -3.83. The molecule has 0 radical (unpaired) electrons. The number of nitrogens with zero attached hydrogens (tertiary/aromatic N) is 2. The number of piperidine rings is 1. The molecule has 1 saturated heterocycles. The Kier molecular flexibility index (Phi) is 6.82. The van der Waals surface area contributed by atoms with Crippen molar-refractivity contribution in [2.24, 2.45) is 0 Å². The molecular formula is C27H31N3O4S. The second kappa shape index (κ2) is 9.67. The zero-order valence-electron chi connectivity index (χ0n) is 20.3. The summed E-state index contributed by atoms with van der Waals surface area (Å²) in [5.74, 6) is 2.66. The Morgan fingerprint density at radius 1 is 1.11 bits per heavy atom. The second-order valence-electron chi connectivity index (χ2n) is 9.70. The summed E-state index contributed by atoms with van der Waals surface area (Å²) in [4.78, 5) is 14.4. The average molecular weight is 494 g/mol. The van der Waals surface area contributed by atoms with Crippen LogP contribution < -0.4 is 5.32 Å². The van der Waals surface area contributed by atoms with E-state index in [0.29, 0.717) is 37.1 Å². The SMILES string of the molecule is C#CCNc1cccc2c(C3CCN(C(=O)OC(C)(C)C)CC3)cn(S(=O)(=O)c3ccccc3)c12. The first-order valence-corrected chi connectivity index (χ1v) is 13.2. The number of carbonyl (C=O) groups excluding carboxylic acids is 1. The number of rotatable bonds is 5. The summed E-state index contributed by atoms with van der Waals surface area (Å²) in [6.45, 7) is 6.93. The van der Waals surface area contributed by atoms with E-state index < -0.39 is 15.6 Å². The first-order chi connectivity index (χ1) is 16.6. The van der Waals surface area contributed by atoms with Gasteiger partial charge in [-0.2, -0.15) is 0 Å². The predicted octanol–water partition coefficient (Wildman–Crippen LogP) is 5.04. The number of carbonyl (C=O) groups is 1. The van der Waals surface area contributed by atoms with Crippen molar-refractivity contribution in [3.05, 3.63) is 60.3 Å². The molecule has 1 amide bonds. The predicted molar refractivity (Wildman–Crippen MR) is 138 cm³/mol. The molecule has 1 aromatic heterocycles. The van der Waals surface area contributed by atoms with Crippen LogP contribution in [0.2, 0.25) is 0 Å². The Morgan fingerprint density at radius 2 is 1.80 bits per heavy atom. The van der Waals surface area contributed by atoms with Crippen molar-refractivity contribution in [2.75, 3.05) is 25.0 Å². The first kappa shape index (κ1) is 24.7. The number of fused-ring (bicyclic) bond motifs is 1. The summed E-state index contributed by atoms with van der Waals surface area (Å²) in [5.41, 5.74) is 1.65. The fourth-order valence-electron chi connectivity index (χ4n) is 4.48. The molecule has 0 bridgehead atoms. The fraction of sp³-hybridized carbons (Fsp3) is 0.370. The summed E-state index contributed by atoms with van der Waals surface area (Å²) in [5, 5.41) is 4.03. The molecule has 35 heavy (non-hydrogen) atoms. The highest BCUT2D eigenvalue weighted by Crippen LogP contribution is 2.38. The normalized spacial score (nSPS) is 15.1.